The van der Waals surface area contributed by atoms with Crippen LogP contribution in [0.2, 0.25) is 0 Å². The first-order valence-electron chi connectivity index (χ1n) is 6.50. The first kappa shape index (κ1) is 13.5. The maximum absolute atomic E-state index is 11.9. The number of carbonyl (C=O) groups excluding carboxylic acids is 1. The van der Waals surface area contributed by atoms with Gasteiger partial charge in [0, 0.05) is 17.9 Å². The Bertz CT molecular complexity index is 470. The van der Waals surface area contributed by atoms with E-state index in [-0.39, 0.29) is 18.4 Å². The number of nitrogens with zero attached hydrogens (tertiary/aromatic N) is 1. The van der Waals surface area contributed by atoms with E-state index in [0.717, 1.165) is 24.1 Å². The Hall–Kier alpha value is -1.91. The van der Waals surface area contributed by atoms with Gasteiger partial charge in [0.15, 0.2) is 0 Å². The third-order valence-electron chi connectivity index (χ3n) is 3.52. The number of carboxylic acids is 1. The van der Waals surface area contributed by atoms with E-state index in [1.807, 2.05) is 19.1 Å². The van der Waals surface area contributed by atoms with Crippen molar-refractivity contribution in [3.05, 3.63) is 29.6 Å². The van der Waals surface area contributed by atoms with Crippen molar-refractivity contribution in [3.63, 3.8) is 0 Å². The molecule has 1 amide bonds. The number of rotatable bonds is 4. The number of carbonyl (C=O) groups is 2. The highest BCUT2D eigenvalue weighted by Gasteiger charge is 2.33. The number of hydrogen-bond donors (Lipinski definition) is 2. The van der Waals surface area contributed by atoms with Crippen LogP contribution < -0.4 is 5.32 Å². The molecule has 1 fully saturated rings. The molecule has 0 saturated heterocycles. The molecule has 1 aliphatic rings. The van der Waals surface area contributed by atoms with Crippen LogP contribution in [-0.2, 0) is 16.0 Å². The van der Waals surface area contributed by atoms with Gasteiger partial charge in [0.1, 0.15) is 0 Å². The molecule has 1 heterocycles. The molecule has 5 nitrogen and oxygen atoms in total. The number of nitrogens with one attached hydrogen (secondary N) is 1. The number of hydrogen-bond acceptors (Lipinski definition) is 3. The molecule has 19 heavy (non-hydrogen) atoms. The van der Waals surface area contributed by atoms with Crippen LogP contribution in [-0.4, -0.2) is 28.0 Å². The van der Waals surface area contributed by atoms with Gasteiger partial charge in [-0.25, -0.2) is 0 Å². The van der Waals surface area contributed by atoms with Crippen molar-refractivity contribution in [2.24, 2.45) is 5.92 Å². The second kappa shape index (κ2) is 5.82. The van der Waals surface area contributed by atoms with Gasteiger partial charge in [-0.15, -0.1) is 0 Å². The Morgan fingerprint density at radius 3 is 2.84 bits per heavy atom. The van der Waals surface area contributed by atoms with Crippen molar-refractivity contribution >= 4 is 11.9 Å². The van der Waals surface area contributed by atoms with E-state index in [9.17, 15) is 9.59 Å². The number of aliphatic carboxylic acids is 1. The third kappa shape index (κ3) is 3.53. The Balaban J connectivity index is 1.90. The lowest BCUT2D eigenvalue weighted by molar-refractivity contribution is -0.142. The maximum atomic E-state index is 11.9. The minimum absolute atomic E-state index is 0.135. The molecule has 1 aromatic rings. The van der Waals surface area contributed by atoms with Gasteiger partial charge in [0.2, 0.25) is 5.91 Å². The van der Waals surface area contributed by atoms with Crippen molar-refractivity contribution in [1.29, 1.82) is 0 Å². The second-order valence-corrected chi connectivity index (χ2v) is 5.03. The molecule has 0 bridgehead atoms. The molecule has 5 heteroatoms. The van der Waals surface area contributed by atoms with Gasteiger partial charge < -0.3 is 10.4 Å². The average molecular weight is 262 g/mol. The molecule has 1 saturated carbocycles. The number of aromatic nitrogens is 1. The van der Waals surface area contributed by atoms with Gasteiger partial charge in [-0.3, -0.25) is 14.6 Å². The molecule has 1 aliphatic carbocycles. The summed E-state index contributed by atoms with van der Waals surface area (Å²) in [5.41, 5.74) is 1.75. The van der Waals surface area contributed by atoms with E-state index < -0.39 is 11.9 Å². The first-order chi connectivity index (χ1) is 9.06. The van der Waals surface area contributed by atoms with Crippen LogP contribution in [0.4, 0.5) is 0 Å². The van der Waals surface area contributed by atoms with E-state index >= 15 is 0 Å². The minimum atomic E-state index is -0.820. The Labute approximate surface area is 112 Å². The highest BCUT2D eigenvalue weighted by atomic mass is 16.4. The zero-order valence-corrected chi connectivity index (χ0v) is 10.9. The SMILES string of the molecule is Cc1ccc(CC(=O)N[C@@H]2CCC[C@@H]2C(=O)O)cn1. The number of aryl methyl sites for hydroxylation is 1. The summed E-state index contributed by atoms with van der Waals surface area (Å²) in [4.78, 5) is 27.1. The lowest BCUT2D eigenvalue weighted by Crippen LogP contribution is -2.40. The van der Waals surface area contributed by atoms with Gasteiger partial charge in [-0.05, 0) is 31.4 Å². The summed E-state index contributed by atoms with van der Waals surface area (Å²) in [5, 5.41) is 11.9. The zero-order valence-electron chi connectivity index (χ0n) is 10.9. The van der Waals surface area contributed by atoms with Gasteiger partial charge in [0.05, 0.1) is 12.3 Å². The summed E-state index contributed by atoms with van der Waals surface area (Å²) in [6.07, 6.45) is 4.17. The van der Waals surface area contributed by atoms with Gasteiger partial charge >= 0.3 is 5.97 Å². The van der Waals surface area contributed by atoms with Crippen molar-refractivity contribution in [3.8, 4) is 0 Å². The summed E-state index contributed by atoms with van der Waals surface area (Å²) < 4.78 is 0. The summed E-state index contributed by atoms with van der Waals surface area (Å²) in [7, 11) is 0. The predicted molar refractivity (Wildman–Crippen MR) is 69.6 cm³/mol. The van der Waals surface area contributed by atoms with Crippen molar-refractivity contribution in [1.82, 2.24) is 10.3 Å². The standard InChI is InChI=1S/C14H18N2O3/c1-9-5-6-10(8-15-9)7-13(17)16-12-4-2-3-11(12)14(18)19/h5-6,8,11-12H,2-4,7H2,1H3,(H,16,17)(H,18,19)/t11-,12+/m0/s1. The van der Waals surface area contributed by atoms with E-state index in [0.29, 0.717) is 6.42 Å². The van der Waals surface area contributed by atoms with Crippen LogP contribution >= 0.6 is 0 Å². The van der Waals surface area contributed by atoms with Gasteiger partial charge in [-0.1, -0.05) is 12.5 Å². The van der Waals surface area contributed by atoms with Crippen LogP contribution in [0, 0.1) is 12.8 Å². The summed E-state index contributed by atoms with van der Waals surface area (Å²) in [6.45, 7) is 1.89. The number of pyridine rings is 1. The monoisotopic (exact) mass is 262 g/mol. The molecule has 0 radical (unpaired) electrons. The molecule has 0 aromatic carbocycles. The summed E-state index contributed by atoms with van der Waals surface area (Å²) in [6, 6.07) is 3.49. The largest absolute Gasteiger partial charge is 0.481 e. The van der Waals surface area contributed by atoms with Crippen molar-refractivity contribution < 1.29 is 14.7 Å². The number of carboxylic acid groups (broad SMARTS) is 1. The molecular formula is C14H18N2O3. The molecular weight excluding hydrogens is 244 g/mol. The Kier molecular flexibility index (Phi) is 4.14. The third-order valence-corrected chi connectivity index (χ3v) is 3.52. The minimum Gasteiger partial charge on any atom is -0.481 e. The van der Waals surface area contributed by atoms with Crippen LogP contribution in [0.25, 0.3) is 0 Å². The normalized spacial score (nSPS) is 22.2. The Morgan fingerprint density at radius 2 is 2.21 bits per heavy atom. The van der Waals surface area contributed by atoms with E-state index in [1.165, 1.54) is 0 Å². The van der Waals surface area contributed by atoms with Gasteiger partial charge in [0.25, 0.3) is 0 Å². The molecule has 0 unspecified atom stereocenters. The van der Waals surface area contributed by atoms with Crippen LogP contribution in [0.3, 0.4) is 0 Å². The number of amides is 1. The van der Waals surface area contributed by atoms with Crippen LogP contribution in [0.15, 0.2) is 18.3 Å². The molecule has 2 atom stereocenters. The summed E-state index contributed by atoms with van der Waals surface area (Å²) >= 11 is 0. The van der Waals surface area contributed by atoms with E-state index in [4.69, 9.17) is 5.11 Å². The molecule has 0 spiro atoms. The first-order valence-corrected chi connectivity index (χ1v) is 6.50. The van der Waals surface area contributed by atoms with Crippen LogP contribution in [0.1, 0.15) is 30.5 Å². The smallest absolute Gasteiger partial charge is 0.308 e. The van der Waals surface area contributed by atoms with Gasteiger partial charge in [-0.2, -0.15) is 0 Å². The molecule has 102 valence electrons. The fourth-order valence-electron chi connectivity index (χ4n) is 2.47. The van der Waals surface area contributed by atoms with E-state index in [1.54, 1.807) is 6.20 Å². The maximum Gasteiger partial charge on any atom is 0.308 e. The topological polar surface area (TPSA) is 79.3 Å². The fourth-order valence-corrected chi connectivity index (χ4v) is 2.47. The predicted octanol–water partition coefficient (Wildman–Crippen LogP) is 1.30. The van der Waals surface area contributed by atoms with Crippen molar-refractivity contribution in [2.75, 3.05) is 0 Å². The lowest BCUT2D eigenvalue weighted by Gasteiger charge is -2.17. The Morgan fingerprint density at radius 1 is 1.42 bits per heavy atom. The fraction of sp³-hybridized carbons (Fsp3) is 0.500. The highest BCUT2D eigenvalue weighted by Crippen LogP contribution is 2.25. The van der Waals surface area contributed by atoms with Crippen LogP contribution in [0.5, 0.6) is 0 Å². The molecule has 0 aliphatic heterocycles. The zero-order chi connectivity index (χ0) is 13.8. The molecule has 1 aromatic heterocycles. The van der Waals surface area contributed by atoms with E-state index in [2.05, 4.69) is 10.3 Å². The lowest BCUT2D eigenvalue weighted by atomic mass is 10.0. The second-order valence-electron chi connectivity index (χ2n) is 5.03. The average Bonchev–Trinajstić information content (AvgIpc) is 2.80. The highest BCUT2D eigenvalue weighted by molar-refractivity contribution is 5.80. The van der Waals surface area contributed by atoms with Crippen molar-refractivity contribution in [2.45, 2.75) is 38.6 Å². The quantitative estimate of drug-likeness (QED) is 0.857. The summed E-state index contributed by atoms with van der Waals surface area (Å²) in [5.74, 6) is -1.40. The molecule has 2 rings (SSSR count). The molecule has 2 N–H and O–H groups in total.